The third-order valence-corrected chi connectivity index (χ3v) is 3.97. The number of hydrogen-bond acceptors (Lipinski definition) is 4. The monoisotopic (exact) mass is 465 g/mol. The number of carboxylic acids is 1. The third-order valence-electron chi connectivity index (χ3n) is 3.97. The third kappa shape index (κ3) is 8.74. The van der Waals surface area contributed by atoms with Gasteiger partial charge >= 0.3 is 18.5 Å². The number of aliphatic carboxylic acids is 1. The van der Waals surface area contributed by atoms with Crippen molar-refractivity contribution in [3.8, 4) is 11.5 Å². The van der Waals surface area contributed by atoms with Crippen LogP contribution in [-0.2, 0) is 11.2 Å². The Hall–Kier alpha value is -3.44. The van der Waals surface area contributed by atoms with Crippen molar-refractivity contribution < 1.29 is 50.5 Å². The first-order valence-electron chi connectivity index (χ1n) is 9.00. The van der Waals surface area contributed by atoms with Crippen LogP contribution < -0.4 is 14.8 Å². The largest absolute Gasteiger partial charge is 0.573 e. The maximum atomic E-state index is 12.3. The molecule has 1 atom stereocenters. The Balaban J connectivity index is 1.96. The van der Waals surface area contributed by atoms with E-state index < -0.39 is 49.2 Å². The second-order valence-electron chi connectivity index (χ2n) is 6.50. The number of ether oxygens (including phenoxy) is 2. The highest BCUT2D eigenvalue weighted by Crippen LogP contribution is 2.23. The molecule has 0 aliphatic rings. The average molecular weight is 465 g/mol. The van der Waals surface area contributed by atoms with Crippen molar-refractivity contribution >= 4 is 11.9 Å². The van der Waals surface area contributed by atoms with E-state index >= 15 is 0 Å². The van der Waals surface area contributed by atoms with Crippen molar-refractivity contribution in [1.82, 2.24) is 5.32 Å². The van der Waals surface area contributed by atoms with Gasteiger partial charge in [0.1, 0.15) is 17.5 Å². The second-order valence-corrected chi connectivity index (χ2v) is 6.50. The van der Waals surface area contributed by atoms with E-state index in [-0.39, 0.29) is 17.7 Å². The Labute approximate surface area is 177 Å². The van der Waals surface area contributed by atoms with Crippen LogP contribution in [0.25, 0.3) is 0 Å². The second kappa shape index (κ2) is 10.2. The Morgan fingerprint density at radius 1 is 0.906 bits per heavy atom. The van der Waals surface area contributed by atoms with Crippen molar-refractivity contribution in [2.75, 3.05) is 6.61 Å². The molecule has 0 saturated carbocycles. The zero-order valence-electron chi connectivity index (χ0n) is 16.2. The first kappa shape index (κ1) is 24.8. The minimum absolute atomic E-state index is 0.0355. The van der Waals surface area contributed by atoms with Crippen molar-refractivity contribution in [1.29, 1.82) is 0 Å². The first-order valence-corrected chi connectivity index (χ1v) is 9.00. The number of hydrogen-bond donors (Lipinski definition) is 2. The molecule has 0 aromatic heterocycles. The molecule has 2 rings (SSSR count). The molecular weight excluding hydrogens is 448 g/mol. The molecule has 0 bridgehead atoms. The van der Waals surface area contributed by atoms with Crippen molar-refractivity contribution in [2.45, 2.75) is 31.4 Å². The highest BCUT2D eigenvalue weighted by molar-refractivity contribution is 5.96. The van der Waals surface area contributed by atoms with Crippen LogP contribution in [0.15, 0.2) is 48.5 Å². The van der Waals surface area contributed by atoms with Gasteiger partial charge in [-0.05, 0) is 42.0 Å². The van der Waals surface area contributed by atoms with Gasteiger partial charge in [0.25, 0.3) is 5.91 Å². The Bertz CT molecular complexity index is 910. The van der Waals surface area contributed by atoms with E-state index in [4.69, 9.17) is 4.74 Å². The predicted molar refractivity (Wildman–Crippen MR) is 98.3 cm³/mol. The lowest BCUT2D eigenvalue weighted by Gasteiger charge is -2.15. The van der Waals surface area contributed by atoms with E-state index in [2.05, 4.69) is 10.1 Å². The number of nitrogens with one attached hydrogen (secondary N) is 1. The number of carboxylic acid groups (broad SMARTS) is 1. The summed E-state index contributed by atoms with van der Waals surface area (Å²) in [5.74, 6) is -2.52. The smallest absolute Gasteiger partial charge is 0.493 e. The first-order chi connectivity index (χ1) is 14.8. The summed E-state index contributed by atoms with van der Waals surface area (Å²) in [6.45, 7) is -0.594. The molecule has 0 aliphatic carbocycles. The number of halogens is 6. The molecule has 2 N–H and O–H groups in total. The van der Waals surface area contributed by atoms with Crippen molar-refractivity contribution in [2.24, 2.45) is 0 Å². The van der Waals surface area contributed by atoms with E-state index in [1.54, 1.807) is 0 Å². The zero-order valence-corrected chi connectivity index (χ0v) is 16.2. The summed E-state index contributed by atoms with van der Waals surface area (Å²) in [4.78, 5) is 23.8. The molecule has 12 heteroatoms. The number of amides is 1. The van der Waals surface area contributed by atoms with Gasteiger partial charge in [0.15, 0.2) is 0 Å². The SMILES string of the molecule is O=C(NC(Cc1ccc(OC(F)(F)F)cc1)C(=O)O)c1ccc(OCCC(F)(F)F)cc1. The topological polar surface area (TPSA) is 84.9 Å². The van der Waals surface area contributed by atoms with Crippen molar-refractivity contribution in [3.63, 3.8) is 0 Å². The van der Waals surface area contributed by atoms with Gasteiger partial charge in [-0.1, -0.05) is 12.1 Å². The minimum atomic E-state index is -4.86. The molecule has 0 saturated heterocycles. The number of carbonyl (C=O) groups is 2. The van der Waals surface area contributed by atoms with Crippen LogP contribution in [0.1, 0.15) is 22.3 Å². The molecule has 32 heavy (non-hydrogen) atoms. The van der Waals surface area contributed by atoms with Crippen molar-refractivity contribution in [3.05, 3.63) is 59.7 Å². The minimum Gasteiger partial charge on any atom is -0.493 e. The van der Waals surface area contributed by atoms with Crippen LogP contribution in [0.3, 0.4) is 0 Å². The molecule has 1 amide bonds. The van der Waals surface area contributed by atoms with Gasteiger partial charge < -0.3 is 19.9 Å². The maximum Gasteiger partial charge on any atom is 0.573 e. The lowest BCUT2D eigenvalue weighted by Crippen LogP contribution is -2.42. The fourth-order valence-electron chi connectivity index (χ4n) is 2.49. The van der Waals surface area contributed by atoms with Crippen LogP contribution >= 0.6 is 0 Å². The highest BCUT2D eigenvalue weighted by atomic mass is 19.4. The normalized spacial score (nSPS) is 12.7. The van der Waals surface area contributed by atoms with Crippen LogP contribution in [0.5, 0.6) is 11.5 Å². The summed E-state index contributed by atoms with van der Waals surface area (Å²) >= 11 is 0. The molecule has 0 spiro atoms. The van der Waals surface area contributed by atoms with Gasteiger partial charge in [0.2, 0.25) is 0 Å². The standard InChI is InChI=1S/C20H17F6NO5/c21-19(22,23)9-10-31-14-7-3-13(4-8-14)17(28)27-16(18(29)30)11-12-1-5-15(6-2-12)32-20(24,25)26/h1-8,16H,9-11H2,(H,27,28)(H,29,30). The van der Waals surface area contributed by atoms with Crippen LogP contribution in [0, 0.1) is 0 Å². The zero-order chi connectivity index (χ0) is 23.9. The van der Waals surface area contributed by atoms with Gasteiger partial charge in [-0.15, -0.1) is 13.2 Å². The summed E-state index contributed by atoms with van der Waals surface area (Å²) in [5, 5.41) is 11.6. The summed E-state index contributed by atoms with van der Waals surface area (Å²) in [6.07, 6.45) is -10.6. The molecule has 1 unspecified atom stereocenters. The number of rotatable bonds is 9. The highest BCUT2D eigenvalue weighted by Gasteiger charge is 2.31. The molecule has 2 aromatic rings. The molecular formula is C20H17F6NO5. The number of carbonyl (C=O) groups excluding carboxylic acids is 1. The fourth-order valence-corrected chi connectivity index (χ4v) is 2.49. The van der Waals surface area contributed by atoms with Crippen LogP contribution in [-0.4, -0.2) is 42.2 Å². The molecule has 0 aliphatic heterocycles. The van der Waals surface area contributed by atoms with Gasteiger partial charge in [0, 0.05) is 12.0 Å². The summed E-state index contributed by atoms with van der Waals surface area (Å²) in [7, 11) is 0. The van der Waals surface area contributed by atoms with E-state index in [1.165, 1.54) is 36.4 Å². The Morgan fingerprint density at radius 2 is 1.47 bits per heavy atom. The van der Waals surface area contributed by atoms with E-state index in [0.29, 0.717) is 5.56 Å². The molecule has 6 nitrogen and oxygen atoms in total. The number of alkyl halides is 6. The molecule has 2 aromatic carbocycles. The molecule has 0 heterocycles. The summed E-state index contributed by atoms with van der Waals surface area (Å²) in [5.41, 5.74) is 0.369. The summed E-state index contributed by atoms with van der Waals surface area (Å²) < 4.78 is 81.6. The van der Waals surface area contributed by atoms with Gasteiger partial charge in [-0.25, -0.2) is 4.79 Å². The molecule has 0 fully saturated rings. The lowest BCUT2D eigenvalue weighted by atomic mass is 10.1. The number of benzene rings is 2. The maximum absolute atomic E-state index is 12.3. The molecule has 174 valence electrons. The Morgan fingerprint density at radius 3 is 1.97 bits per heavy atom. The Kier molecular flexibility index (Phi) is 7.95. The molecule has 0 radical (unpaired) electrons. The summed E-state index contributed by atoms with van der Waals surface area (Å²) in [6, 6.07) is 8.13. The quantitative estimate of drug-likeness (QED) is 0.539. The predicted octanol–water partition coefficient (Wildman–Crippen LogP) is 4.34. The van der Waals surface area contributed by atoms with Gasteiger partial charge in [-0.3, -0.25) is 4.79 Å². The average Bonchev–Trinajstić information content (AvgIpc) is 2.67. The van der Waals surface area contributed by atoms with Crippen LogP contribution in [0.4, 0.5) is 26.3 Å². The van der Waals surface area contributed by atoms with E-state index in [0.717, 1.165) is 12.1 Å². The lowest BCUT2D eigenvalue weighted by molar-refractivity contribution is -0.274. The fraction of sp³-hybridized carbons (Fsp3) is 0.300. The van der Waals surface area contributed by atoms with E-state index in [9.17, 15) is 41.0 Å². The van der Waals surface area contributed by atoms with Gasteiger partial charge in [0.05, 0.1) is 13.0 Å². The van der Waals surface area contributed by atoms with E-state index in [1.807, 2.05) is 0 Å². The van der Waals surface area contributed by atoms with Gasteiger partial charge in [-0.2, -0.15) is 13.2 Å². The van der Waals surface area contributed by atoms with Crippen LogP contribution in [0.2, 0.25) is 0 Å².